The molecule has 1 atom stereocenters. The van der Waals surface area contributed by atoms with Crippen molar-refractivity contribution in [2.75, 3.05) is 50.7 Å². The molecule has 35 heavy (non-hydrogen) atoms. The summed E-state index contributed by atoms with van der Waals surface area (Å²) in [5, 5.41) is 15.6. The Balaban J connectivity index is 0.000000466. The van der Waals surface area contributed by atoms with Gasteiger partial charge in [0.25, 0.3) is 0 Å². The highest BCUT2D eigenvalue weighted by atomic mass is 19.4. The Bertz CT molecular complexity index is 885. The molecule has 0 aliphatic carbocycles. The molecule has 1 unspecified atom stereocenters. The number of pyridine rings is 1. The number of amides is 1. The normalized spacial score (nSPS) is 19.1. The van der Waals surface area contributed by atoms with Gasteiger partial charge in [0.1, 0.15) is 11.5 Å². The Morgan fingerprint density at radius 2 is 1.63 bits per heavy atom. The lowest BCUT2D eigenvalue weighted by Crippen LogP contribution is -2.47. The van der Waals surface area contributed by atoms with Gasteiger partial charge >= 0.3 is 18.1 Å². The first kappa shape index (κ1) is 28.1. The Morgan fingerprint density at radius 3 is 2.14 bits per heavy atom. The summed E-state index contributed by atoms with van der Waals surface area (Å²) in [7, 11) is 0. The van der Waals surface area contributed by atoms with Gasteiger partial charge in [-0.05, 0) is 37.9 Å². The van der Waals surface area contributed by atoms with Crippen LogP contribution in [-0.4, -0.2) is 88.7 Å². The van der Waals surface area contributed by atoms with Crippen LogP contribution in [0.1, 0.15) is 31.9 Å². The third kappa shape index (κ3) is 9.55. The molecule has 0 radical (unpaired) electrons. The lowest BCUT2D eigenvalue weighted by molar-refractivity contribution is -0.141. The predicted molar refractivity (Wildman–Crippen MR) is 122 cm³/mol. The maximum Gasteiger partial charge on any atom is 0.433 e. The van der Waals surface area contributed by atoms with Crippen LogP contribution in [0.15, 0.2) is 30.4 Å². The molecule has 0 saturated carbocycles. The van der Waals surface area contributed by atoms with Gasteiger partial charge in [-0.15, -0.1) is 0 Å². The highest BCUT2D eigenvalue weighted by Gasteiger charge is 2.33. The average molecular weight is 501 g/mol. The fourth-order valence-electron chi connectivity index (χ4n) is 3.86. The van der Waals surface area contributed by atoms with E-state index in [1.165, 1.54) is 6.07 Å². The van der Waals surface area contributed by atoms with Gasteiger partial charge in [0.2, 0.25) is 5.91 Å². The lowest BCUT2D eigenvalue weighted by Gasteiger charge is -2.35. The van der Waals surface area contributed by atoms with Crippen LogP contribution in [0.5, 0.6) is 0 Å². The minimum Gasteiger partial charge on any atom is -0.478 e. The van der Waals surface area contributed by atoms with Crippen LogP contribution in [0.4, 0.5) is 19.0 Å². The van der Waals surface area contributed by atoms with E-state index >= 15 is 0 Å². The number of rotatable bonds is 8. The largest absolute Gasteiger partial charge is 0.478 e. The number of carbonyl (C=O) groups excluding carboxylic acids is 1. The molecule has 0 aromatic carbocycles. The number of aliphatic carboxylic acids is 2. The van der Waals surface area contributed by atoms with E-state index in [-0.39, 0.29) is 11.8 Å². The zero-order chi connectivity index (χ0) is 26.0. The molecule has 3 rings (SSSR count). The molecule has 0 spiro atoms. The number of halogens is 3. The van der Waals surface area contributed by atoms with Gasteiger partial charge in [0.15, 0.2) is 0 Å². The van der Waals surface area contributed by atoms with Crippen molar-refractivity contribution >= 4 is 23.7 Å². The summed E-state index contributed by atoms with van der Waals surface area (Å²) in [6, 6.07) is 4.06. The molecule has 3 heterocycles. The van der Waals surface area contributed by atoms with Crippen molar-refractivity contribution in [1.29, 1.82) is 0 Å². The number of carboxylic acids is 2. The van der Waals surface area contributed by atoms with E-state index in [1.807, 2.05) is 16.7 Å². The van der Waals surface area contributed by atoms with Crippen LogP contribution in [0.3, 0.4) is 0 Å². The Hall–Kier alpha value is -3.15. The number of hydrogen-bond acceptors (Lipinski definition) is 6. The molecule has 0 bridgehead atoms. The van der Waals surface area contributed by atoms with Crippen molar-refractivity contribution in [2.24, 2.45) is 5.92 Å². The van der Waals surface area contributed by atoms with Crippen LogP contribution in [0.25, 0.3) is 0 Å². The second kappa shape index (κ2) is 13.1. The fraction of sp³-hybridized carbons (Fsp3) is 0.565. The van der Waals surface area contributed by atoms with Crippen LogP contribution < -0.4 is 4.90 Å². The fourth-order valence-corrected chi connectivity index (χ4v) is 3.86. The predicted octanol–water partition coefficient (Wildman–Crippen LogP) is 2.58. The molecule has 9 nitrogen and oxygen atoms in total. The Morgan fingerprint density at radius 1 is 1.03 bits per heavy atom. The molecule has 12 heteroatoms. The molecule has 2 saturated heterocycles. The summed E-state index contributed by atoms with van der Waals surface area (Å²) in [4.78, 5) is 41.0. The van der Waals surface area contributed by atoms with E-state index in [9.17, 15) is 27.6 Å². The van der Waals surface area contributed by atoms with Crippen molar-refractivity contribution in [3.63, 3.8) is 0 Å². The second-order valence-corrected chi connectivity index (χ2v) is 8.44. The maximum absolute atomic E-state index is 12.8. The number of alkyl halides is 3. The number of hydrogen-bond donors (Lipinski definition) is 2. The number of carbonyl (C=O) groups is 3. The summed E-state index contributed by atoms with van der Waals surface area (Å²) in [6.07, 6.45) is -0.310. The third-order valence-electron chi connectivity index (χ3n) is 5.81. The maximum atomic E-state index is 12.8. The summed E-state index contributed by atoms with van der Waals surface area (Å²) in [5.41, 5.74) is -0.840. The van der Waals surface area contributed by atoms with E-state index in [2.05, 4.69) is 9.88 Å². The molecule has 2 N–H and O–H groups in total. The highest BCUT2D eigenvalue weighted by Crippen LogP contribution is 2.29. The van der Waals surface area contributed by atoms with E-state index < -0.39 is 23.8 Å². The minimum atomic E-state index is -4.41. The van der Waals surface area contributed by atoms with E-state index in [0.29, 0.717) is 31.1 Å². The van der Waals surface area contributed by atoms with Gasteiger partial charge in [0, 0.05) is 57.3 Å². The van der Waals surface area contributed by atoms with Gasteiger partial charge < -0.3 is 20.0 Å². The Kier molecular flexibility index (Phi) is 10.5. The van der Waals surface area contributed by atoms with Crippen LogP contribution >= 0.6 is 0 Å². The number of likely N-dealkylation sites (tertiary alicyclic amines) is 1. The monoisotopic (exact) mass is 500 g/mol. The molecule has 194 valence electrons. The molecule has 2 fully saturated rings. The van der Waals surface area contributed by atoms with Gasteiger partial charge in [-0.1, -0.05) is 13.0 Å². The molecular formula is C23H31F3N4O5. The van der Waals surface area contributed by atoms with Gasteiger partial charge in [-0.25, -0.2) is 14.6 Å². The van der Waals surface area contributed by atoms with Gasteiger partial charge in [0.05, 0.1) is 0 Å². The zero-order valence-corrected chi connectivity index (χ0v) is 19.6. The number of carboxylic acid groups (broad SMARTS) is 2. The van der Waals surface area contributed by atoms with Crippen molar-refractivity contribution in [3.8, 4) is 0 Å². The van der Waals surface area contributed by atoms with Crippen molar-refractivity contribution < 1.29 is 37.8 Å². The number of piperazine rings is 1. The molecule has 1 aromatic rings. The third-order valence-corrected chi connectivity index (χ3v) is 5.81. The van der Waals surface area contributed by atoms with E-state index in [1.54, 1.807) is 6.07 Å². The molecule has 1 aromatic heterocycles. The second-order valence-electron chi connectivity index (χ2n) is 8.44. The summed E-state index contributed by atoms with van der Waals surface area (Å²) in [6.45, 7) is 7.64. The quantitative estimate of drug-likeness (QED) is 0.414. The standard InChI is InChI=1S/C19H27F3N4O.C4H4O4/c1-15-7-10-26(18(15)27)9-3-2-8-24-11-13-25(14-12-24)17-6-4-5-16(23-17)19(20,21)22;5-3(6)1-2-4(7)8/h4-6,15H,2-3,7-14H2,1H3;1-2H,(H,5,6)(H,7,8)/b;2-1+. The van der Waals surface area contributed by atoms with Crippen molar-refractivity contribution in [1.82, 2.24) is 14.8 Å². The first-order valence-electron chi connectivity index (χ1n) is 11.4. The van der Waals surface area contributed by atoms with Crippen molar-refractivity contribution in [3.05, 3.63) is 36.0 Å². The summed E-state index contributed by atoms with van der Waals surface area (Å²) >= 11 is 0. The molecular weight excluding hydrogens is 469 g/mol. The number of anilines is 1. The van der Waals surface area contributed by atoms with Crippen LogP contribution in [-0.2, 0) is 20.6 Å². The van der Waals surface area contributed by atoms with E-state index in [0.717, 1.165) is 58.1 Å². The average Bonchev–Trinajstić information content (AvgIpc) is 3.13. The van der Waals surface area contributed by atoms with Crippen LogP contribution in [0, 0.1) is 5.92 Å². The topological polar surface area (TPSA) is 114 Å². The van der Waals surface area contributed by atoms with Crippen molar-refractivity contribution in [2.45, 2.75) is 32.4 Å². The first-order valence-corrected chi connectivity index (χ1v) is 11.4. The van der Waals surface area contributed by atoms with Gasteiger partial charge in [-0.2, -0.15) is 13.2 Å². The summed E-state index contributed by atoms with van der Waals surface area (Å²) in [5.74, 6) is -1.68. The lowest BCUT2D eigenvalue weighted by atomic mass is 10.1. The zero-order valence-electron chi connectivity index (χ0n) is 19.6. The Labute approximate surface area is 201 Å². The number of nitrogens with zero attached hydrogens (tertiary/aromatic N) is 4. The van der Waals surface area contributed by atoms with Crippen LogP contribution in [0.2, 0.25) is 0 Å². The highest BCUT2D eigenvalue weighted by molar-refractivity contribution is 5.89. The number of aromatic nitrogens is 1. The number of unbranched alkanes of at least 4 members (excludes halogenated alkanes) is 1. The minimum absolute atomic E-state index is 0.169. The SMILES string of the molecule is CC1CCN(CCCCN2CCN(c3cccc(C(F)(F)F)n3)CC2)C1=O.O=C(O)/C=C/C(=O)O. The molecule has 2 aliphatic rings. The summed E-state index contributed by atoms with van der Waals surface area (Å²) < 4.78 is 38.4. The first-order chi connectivity index (χ1) is 16.5. The molecule has 1 amide bonds. The van der Waals surface area contributed by atoms with Gasteiger partial charge in [-0.3, -0.25) is 9.69 Å². The molecule has 2 aliphatic heterocycles. The smallest absolute Gasteiger partial charge is 0.433 e. The van der Waals surface area contributed by atoms with E-state index in [4.69, 9.17) is 10.2 Å².